The Morgan fingerprint density at radius 2 is 0.465 bits per heavy atom. The molecule has 0 fully saturated rings. The molecule has 8 aromatic rings. The molecule has 4 aromatic heterocycles. The number of benzene rings is 4. The predicted octanol–water partition coefficient (Wildman–Crippen LogP) is 2.91. The minimum absolute atomic E-state index is 0. The van der Waals surface area contributed by atoms with Gasteiger partial charge in [-0.15, -0.1) is 0 Å². The number of fused-ring (bicyclic) bond motifs is 4. The van der Waals surface area contributed by atoms with Crippen molar-refractivity contribution in [3.63, 3.8) is 0 Å². The molecule has 0 aliphatic carbocycles. The van der Waals surface area contributed by atoms with Crippen LogP contribution >= 0.6 is 0 Å². The molecule has 43 heavy (non-hydrogen) atoms. The quantitative estimate of drug-likeness (QED) is 0.273. The van der Waals surface area contributed by atoms with Crippen molar-refractivity contribution in [3.05, 3.63) is 146 Å². The van der Waals surface area contributed by atoms with Gasteiger partial charge >= 0.3 is 16.5 Å². The summed E-state index contributed by atoms with van der Waals surface area (Å²) < 4.78 is 0. The first-order chi connectivity index (χ1) is 19.8. The number of para-hydroxylation sites is 4. The first kappa shape index (κ1) is 31.5. The molecular weight excluding hydrogens is 618 g/mol. The molecule has 0 radical (unpaired) electrons. The van der Waals surface area contributed by atoms with Crippen molar-refractivity contribution in [2.75, 3.05) is 0 Å². The fraction of sp³-hybridized carbons (Fsp3) is 0. The Kier molecular flexibility index (Phi) is 10.4. The molecular formula is C36H24Cl2N4Ni. The summed E-state index contributed by atoms with van der Waals surface area (Å²) >= 11 is 0. The molecule has 0 saturated heterocycles. The van der Waals surface area contributed by atoms with E-state index < -0.39 is 0 Å². The van der Waals surface area contributed by atoms with Crippen LogP contribution in [0.5, 0.6) is 0 Å². The van der Waals surface area contributed by atoms with Gasteiger partial charge in [-0.3, -0.25) is 0 Å². The molecule has 0 aliphatic heterocycles. The van der Waals surface area contributed by atoms with Crippen molar-refractivity contribution in [2.45, 2.75) is 0 Å². The monoisotopic (exact) mass is 640 g/mol. The summed E-state index contributed by atoms with van der Waals surface area (Å²) in [5.41, 5.74) is 7.65. The number of hydrogen-bond donors (Lipinski definition) is 0. The van der Waals surface area contributed by atoms with Crippen molar-refractivity contribution in [1.29, 1.82) is 0 Å². The summed E-state index contributed by atoms with van der Waals surface area (Å²) in [6.45, 7) is 0. The van der Waals surface area contributed by atoms with E-state index >= 15 is 0 Å². The zero-order valence-electron chi connectivity index (χ0n) is 22.7. The standard InChI is InChI=1S/2C18H12N2.2ClH.Ni/c2*1-3-7-15-13(5-1)9-11-17(19-15)18-12-10-14-6-2-4-8-16(14)20-18;;;/h2*1-12H;2*1H;/q;;;;+2/p-2. The van der Waals surface area contributed by atoms with Gasteiger partial charge in [-0.1, -0.05) is 97.1 Å². The number of hydrogen-bond acceptors (Lipinski definition) is 4. The third kappa shape index (κ3) is 6.82. The summed E-state index contributed by atoms with van der Waals surface area (Å²) in [7, 11) is 0. The molecule has 0 saturated carbocycles. The van der Waals surface area contributed by atoms with Crippen molar-refractivity contribution < 1.29 is 41.3 Å². The fourth-order valence-electron chi connectivity index (χ4n) is 4.83. The topological polar surface area (TPSA) is 51.6 Å². The van der Waals surface area contributed by atoms with Crippen LogP contribution in [0.2, 0.25) is 0 Å². The molecule has 8 rings (SSSR count). The summed E-state index contributed by atoms with van der Waals surface area (Å²) in [6.07, 6.45) is 0. The molecule has 212 valence electrons. The molecule has 7 heteroatoms. The Morgan fingerprint density at radius 3 is 0.698 bits per heavy atom. The van der Waals surface area contributed by atoms with Crippen molar-refractivity contribution in [3.8, 4) is 22.8 Å². The summed E-state index contributed by atoms with van der Waals surface area (Å²) in [6, 6.07) is 49.0. The van der Waals surface area contributed by atoms with E-state index in [9.17, 15) is 0 Å². The zero-order chi connectivity index (χ0) is 26.7. The molecule has 0 atom stereocenters. The molecule has 0 spiro atoms. The number of aromatic nitrogens is 4. The van der Waals surface area contributed by atoms with Crippen LogP contribution < -0.4 is 24.8 Å². The number of halogens is 2. The van der Waals surface area contributed by atoms with Gasteiger partial charge in [0, 0.05) is 21.5 Å². The molecule has 0 aliphatic rings. The Bertz CT molecular complexity index is 1840. The summed E-state index contributed by atoms with van der Waals surface area (Å²) in [5, 5.41) is 4.60. The second-order valence-electron chi connectivity index (χ2n) is 9.56. The van der Waals surface area contributed by atoms with E-state index in [1.54, 1.807) is 0 Å². The maximum absolute atomic E-state index is 4.69. The third-order valence-corrected chi connectivity index (χ3v) is 6.92. The molecule has 4 aromatic carbocycles. The Balaban J connectivity index is 0.000000184. The van der Waals surface area contributed by atoms with Gasteiger partial charge in [0.25, 0.3) is 0 Å². The van der Waals surface area contributed by atoms with E-state index in [4.69, 9.17) is 0 Å². The maximum Gasteiger partial charge on any atom is 2.00 e. The third-order valence-electron chi connectivity index (χ3n) is 6.92. The van der Waals surface area contributed by atoms with E-state index in [1.165, 1.54) is 0 Å². The smallest absolute Gasteiger partial charge is 1.00 e. The molecule has 0 N–H and O–H groups in total. The van der Waals surface area contributed by atoms with Crippen LogP contribution in [0, 0.1) is 0 Å². The summed E-state index contributed by atoms with van der Waals surface area (Å²) in [4.78, 5) is 18.8. The van der Waals surface area contributed by atoms with E-state index in [-0.39, 0.29) is 41.3 Å². The van der Waals surface area contributed by atoms with Gasteiger partial charge in [0.05, 0.1) is 44.8 Å². The van der Waals surface area contributed by atoms with Crippen LogP contribution in [-0.2, 0) is 16.5 Å². The van der Waals surface area contributed by atoms with E-state index in [1.807, 2.05) is 97.1 Å². The predicted molar refractivity (Wildman–Crippen MR) is 165 cm³/mol. The number of nitrogens with zero attached hydrogens (tertiary/aromatic N) is 4. The van der Waals surface area contributed by atoms with Gasteiger partial charge in [-0.25, -0.2) is 19.9 Å². The van der Waals surface area contributed by atoms with E-state index in [0.717, 1.165) is 66.4 Å². The second-order valence-corrected chi connectivity index (χ2v) is 9.56. The molecule has 4 nitrogen and oxygen atoms in total. The second kappa shape index (κ2) is 14.2. The Hall–Kier alpha value is -4.41. The minimum Gasteiger partial charge on any atom is -1.00 e. The summed E-state index contributed by atoms with van der Waals surface area (Å²) in [5.74, 6) is 0. The average molecular weight is 642 g/mol. The molecule has 0 unspecified atom stereocenters. The fourth-order valence-corrected chi connectivity index (χ4v) is 4.83. The molecule has 0 bridgehead atoms. The van der Waals surface area contributed by atoms with Crippen LogP contribution in [0.3, 0.4) is 0 Å². The first-order valence-electron chi connectivity index (χ1n) is 13.2. The van der Waals surface area contributed by atoms with Crippen molar-refractivity contribution >= 4 is 43.6 Å². The van der Waals surface area contributed by atoms with Crippen LogP contribution in [0.25, 0.3) is 66.4 Å². The maximum atomic E-state index is 4.69. The van der Waals surface area contributed by atoms with Gasteiger partial charge in [-0.05, 0) is 48.5 Å². The van der Waals surface area contributed by atoms with Crippen molar-refractivity contribution in [1.82, 2.24) is 19.9 Å². The van der Waals surface area contributed by atoms with Crippen LogP contribution in [0.1, 0.15) is 0 Å². The van der Waals surface area contributed by atoms with Gasteiger partial charge in [0.2, 0.25) is 0 Å². The van der Waals surface area contributed by atoms with Gasteiger partial charge in [0.15, 0.2) is 0 Å². The largest absolute Gasteiger partial charge is 2.00 e. The number of pyridine rings is 4. The molecule has 4 heterocycles. The van der Waals surface area contributed by atoms with E-state index in [2.05, 4.69) is 68.5 Å². The number of rotatable bonds is 2. The van der Waals surface area contributed by atoms with Crippen molar-refractivity contribution in [2.24, 2.45) is 0 Å². The SMILES string of the molecule is [Cl-].[Cl-].[Ni+2].c1ccc2nc(-c3ccc4ccccc4n3)ccc2c1.c1ccc2nc(-c3ccc4ccccc4n3)ccc2c1. The minimum atomic E-state index is 0. The van der Waals surface area contributed by atoms with E-state index in [0.29, 0.717) is 0 Å². The Labute approximate surface area is 272 Å². The molecule has 0 amide bonds. The Morgan fingerprint density at radius 1 is 0.256 bits per heavy atom. The van der Waals surface area contributed by atoms with Gasteiger partial charge < -0.3 is 24.8 Å². The van der Waals surface area contributed by atoms with Crippen LogP contribution in [0.15, 0.2) is 146 Å². The van der Waals surface area contributed by atoms with Crippen LogP contribution in [0.4, 0.5) is 0 Å². The average Bonchev–Trinajstić information content (AvgIpc) is 3.04. The van der Waals surface area contributed by atoms with Gasteiger partial charge in [-0.2, -0.15) is 0 Å². The first-order valence-corrected chi connectivity index (χ1v) is 13.2. The van der Waals surface area contributed by atoms with Gasteiger partial charge in [0.1, 0.15) is 0 Å². The van der Waals surface area contributed by atoms with Crippen LogP contribution in [-0.4, -0.2) is 19.9 Å². The zero-order valence-corrected chi connectivity index (χ0v) is 25.2. The normalized spacial score (nSPS) is 10.2.